The van der Waals surface area contributed by atoms with Crippen molar-refractivity contribution in [1.29, 1.82) is 0 Å². The molecule has 1 aromatic rings. The van der Waals surface area contributed by atoms with Crippen molar-refractivity contribution < 1.29 is 9.53 Å². The number of unbranched alkanes of at least 4 members (excludes halogenated alkanes) is 2. The summed E-state index contributed by atoms with van der Waals surface area (Å²) in [6, 6.07) is 5.88. The molecule has 0 unspecified atom stereocenters. The minimum Gasteiger partial charge on any atom is -0.381 e. The summed E-state index contributed by atoms with van der Waals surface area (Å²) in [5.41, 5.74) is 3.17. The van der Waals surface area contributed by atoms with Crippen molar-refractivity contribution in [2.75, 3.05) is 13.2 Å². The van der Waals surface area contributed by atoms with Crippen LogP contribution in [0.15, 0.2) is 24.4 Å². The van der Waals surface area contributed by atoms with Gasteiger partial charge < -0.3 is 4.74 Å². The van der Waals surface area contributed by atoms with E-state index in [9.17, 15) is 4.79 Å². The number of nitrogens with zero attached hydrogens (tertiary/aromatic N) is 1. The molecule has 0 radical (unpaired) electrons. The van der Waals surface area contributed by atoms with Crippen LogP contribution in [0.4, 0.5) is 0 Å². The number of rotatable bonds is 9. The molecule has 5 nitrogen and oxygen atoms in total. The summed E-state index contributed by atoms with van der Waals surface area (Å²) in [5, 5.41) is 0. The maximum absolute atomic E-state index is 10.8. The number of pyridine rings is 1. The average molecular weight is 251 g/mol. The van der Waals surface area contributed by atoms with Crippen LogP contribution in [0.2, 0.25) is 0 Å². The van der Waals surface area contributed by atoms with Gasteiger partial charge >= 0.3 is 0 Å². The Balaban J connectivity index is 1.89. The Hall–Kier alpha value is -1.46. The van der Waals surface area contributed by atoms with Crippen LogP contribution >= 0.6 is 0 Å². The number of hydrazine groups is 1. The normalized spacial score (nSPS) is 10.3. The van der Waals surface area contributed by atoms with Crippen LogP contribution in [0.5, 0.6) is 0 Å². The fourth-order valence-corrected chi connectivity index (χ4v) is 1.56. The standard InChI is InChI=1S/C13H21N3O2/c14-16-13(17)7-2-1-5-10-18-11-8-12-6-3-4-9-15-12/h3-4,6,9H,1-2,5,7-8,10-11,14H2,(H,16,17). The first-order chi connectivity index (χ1) is 8.83. The monoisotopic (exact) mass is 251 g/mol. The minimum atomic E-state index is -0.105. The zero-order valence-corrected chi connectivity index (χ0v) is 10.6. The third kappa shape index (κ3) is 6.98. The molecule has 1 aromatic heterocycles. The van der Waals surface area contributed by atoms with Crippen molar-refractivity contribution in [2.24, 2.45) is 5.84 Å². The van der Waals surface area contributed by atoms with Gasteiger partial charge in [-0.3, -0.25) is 15.2 Å². The topological polar surface area (TPSA) is 77.2 Å². The number of aromatic nitrogens is 1. The number of hydrogen-bond acceptors (Lipinski definition) is 4. The number of carbonyl (C=O) groups is 1. The lowest BCUT2D eigenvalue weighted by Gasteiger charge is -2.04. The maximum Gasteiger partial charge on any atom is 0.233 e. The maximum atomic E-state index is 10.8. The quantitative estimate of drug-likeness (QED) is 0.299. The van der Waals surface area contributed by atoms with Gasteiger partial charge in [0.2, 0.25) is 5.91 Å². The molecule has 0 aliphatic heterocycles. The van der Waals surface area contributed by atoms with Gasteiger partial charge in [0.25, 0.3) is 0 Å². The van der Waals surface area contributed by atoms with Crippen molar-refractivity contribution in [3.05, 3.63) is 30.1 Å². The van der Waals surface area contributed by atoms with E-state index in [-0.39, 0.29) is 5.91 Å². The van der Waals surface area contributed by atoms with E-state index in [1.807, 2.05) is 18.2 Å². The molecule has 0 bridgehead atoms. The fourth-order valence-electron chi connectivity index (χ4n) is 1.56. The molecular formula is C13H21N3O2. The van der Waals surface area contributed by atoms with Gasteiger partial charge in [0, 0.05) is 31.3 Å². The molecule has 1 amide bonds. The van der Waals surface area contributed by atoms with Gasteiger partial charge in [-0.25, -0.2) is 5.84 Å². The molecule has 3 N–H and O–H groups in total. The predicted octanol–water partition coefficient (Wildman–Crippen LogP) is 1.19. The van der Waals surface area contributed by atoms with Crippen LogP contribution in [0, 0.1) is 0 Å². The first-order valence-corrected chi connectivity index (χ1v) is 6.30. The number of nitrogens with one attached hydrogen (secondary N) is 1. The molecule has 0 spiro atoms. The summed E-state index contributed by atoms with van der Waals surface area (Å²) < 4.78 is 5.51. The van der Waals surface area contributed by atoms with Crippen LogP contribution in [0.3, 0.4) is 0 Å². The summed E-state index contributed by atoms with van der Waals surface area (Å²) in [5.74, 6) is 4.87. The molecule has 18 heavy (non-hydrogen) atoms. The van der Waals surface area contributed by atoms with Crippen molar-refractivity contribution in [3.8, 4) is 0 Å². The smallest absolute Gasteiger partial charge is 0.233 e. The molecule has 0 aliphatic carbocycles. The third-order valence-corrected chi connectivity index (χ3v) is 2.58. The van der Waals surface area contributed by atoms with Crippen molar-refractivity contribution >= 4 is 5.91 Å². The minimum absolute atomic E-state index is 0.105. The lowest BCUT2D eigenvalue weighted by atomic mass is 10.2. The average Bonchev–Trinajstić information content (AvgIpc) is 2.42. The van der Waals surface area contributed by atoms with E-state index in [0.29, 0.717) is 13.0 Å². The largest absolute Gasteiger partial charge is 0.381 e. The molecule has 0 saturated carbocycles. The second kappa shape index (κ2) is 9.56. The fraction of sp³-hybridized carbons (Fsp3) is 0.538. The van der Waals surface area contributed by atoms with Crippen molar-refractivity contribution in [1.82, 2.24) is 10.4 Å². The highest BCUT2D eigenvalue weighted by Crippen LogP contribution is 2.01. The van der Waals surface area contributed by atoms with E-state index < -0.39 is 0 Å². The summed E-state index contributed by atoms with van der Waals surface area (Å²) in [6.07, 6.45) is 5.93. The van der Waals surface area contributed by atoms with Crippen LogP contribution in [0.25, 0.3) is 0 Å². The Labute approximate surface area is 108 Å². The first kappa shape index (κ1) is 14.6. The van der Waals surface area contributed by atoms with Gasteiger partial charge in [0.1, 0.15) is 0 Å². The van der Waals surface area contributed by atoms with E-state index in [0.717, 1.165) is 38.0 Å². The van der Waals surface area contributed by atoms with Crippen LogP contribution < -0.4 is 11.3 Å². The highest BCUT2D eigenvalue weighted by Gasteiger charge is 1.98. The molecular weight excluding hydrogens is 230 g/mol. The van der Waals surface area contributed by atoms with Gasteiger partial charge in [-0.1, -0.05) is 12.5 Å². The molecule has 0 atom stereocenters. The molecule has 100 valence electrons. The van der Waals surface area contributed by atoms with Gasteiger partial charge in [-0.05, 0) is 25.0 Å². The second-order valence-electron chi connectivity index (χ2n) is 4.06. The van der Waals surface area contributed by atoms with E-state index in [1.54, 1.807) is 6.20 Å². The lowest BCUT2D eigenvalue weighted by molar-refractivity contribution is -0.121. The number of nitrogens with two attached hydrogens (primary N) is 1. The van der Waals surface area contributed by atoms with E-state index >= 15 is 0 Å². The Kier molecular flexibility index (Phi) is 7.75. The Morgan fingerprint density at radius 1 is 1.28 bits per heavy atom. The SMILES string of the molecule is NNC(=O)CCCCCOCCc1ccccn1. The summed E-state index contributed by atoms with van der Waals surface area (Å²) in [7, 11) is 0. The Bertz CT molecular complexity index is 330. The van der Waals surface area contributed by atoms with Gasteiger partial charge in [-0.2, -0.15) is 0 Å². The van der Waals surface area contributed by atoms with E-state index in [1.165, 1.54) is 0 Å². The van der Waals surface area contributed by atoms with Gasteiger partial charge in [0.15, 0.2) is 0 Å². The predicted molar refractivity (Wildman–Crippen MR) is 69.6 cm³/mol. The molecule has 0 saturated heterocycles. The number of ether oxygens (including phenoxy) is 1. The van der Waals surface area contributed by atoms with Gasteiger partial charge in [-0.15, -0.1) is 0 Å². The van der Waals surface area contributed by atoms with Crippen LogP contribution in [-0.2, 0) is 16.0 Å². The summed E-state index contributed by atoms with van der Waals surface area (Å²) >= 11 is 0. The van der Waals surface area contributed by atoms with E-state index in [2.05, 4.69) is 10.4 Å². The Morgan fingerprint density at radius 2 is 2.17 bits per heavy atom. The molecule has 5 heteroatoms. The zero-order valence-electron chi connectivity index (χ0n) is 10.6. The second-order valence-corrected chi connectivity index (χ2v) is 4.06. The molecule has 1 rings (SSSR count). The first-order valence-electron chi connectivity index (χ1n) is 6.30. The summed E-state index contributed by atoms with van der Waals surface area (Å²) in [6.45, 7) is 1.43. The molecule has 1 heterocycles. The third-order valence-electron chi connectivity index (χ3n) is 2.58. The van der Waals surface area contributed by atoms with Crippen LogP contribution in [0.1, 0.15) is 31.4 Å². The zero-order chi connectivity index (χ0) is 13.1. The Morgan fingerprint density at radius 3 is 2.89 bits per heavy atom. The van der Waals surface area contributed by atoms with E-state index in [4.69, 9.17) is 10.6 Å². The molecule has 0 aliphatic rings. The molecule has 0 fully saturated rings. The van der Waals surface area contributed by atoms with Crippen LogP contribution in [-0.4, -0.2) is 24.1 Å². The number of carbonyl (C=O) groups excluding carboxylic acids is 1. The van der Waals surface area contributed by atoms with Gasteiger partial charge in [0.05, 0.1) is 6.61 Å². The highest BCUT2D eigenvalue weighted by atomic mass is 16.5. The summed E-state index contributed by atoms with van der Waals surface area (Å²) in [4.78, 5) is 15.0. The van der Waals surface area contributed by atoms with Crippen molar-refractivity contribution in [2.45, 2.75) is 32.1 Å². The number of amides is 1. The lowest BCUT2D eigenvalue weighted by Crippen LogP contribution is -2.29. The molecule has 0 aromatic carbocycles. The highest BCUT2D eigenvalue weighted by molar-refractivity contribution is 5.74. The van der Waals surface area contributed by atoms with Crippen molar-refractivity contribution in [3.63, 3.8) is 0 Å². The number of hydrogen-bond donors (Lipinski definition) is 2.